The van der Waals surface area contributed by atoms with Crippen LogP contribution in [0.1, 0.15) is 30.1 Å². The van der Waals surface area contributed by atoms with Crippen LogP contribution in [0.25, 0.3) is 0 Å². The fraction of sp³-hybridized carbons (Fsp3) is 0.333. The third-order valence-electron chi connectivity index (χ3n) is 4.27. The third-order valence-corrected chi connectivity index (χ3v) is 4.27. The molecule has 2 aromatic rings. The normalized spacial score (nSPS) is 17.5. The number of anilines is 1. The zero-order chi connectivity index (χ0) is 15.5. The highest BCUT2D eigenvalue weighted by Crippen LogP contribution is 2.30. The molecule has 22 heavy (non-hydrogen) atoms. The summed E-state index contributed by atoms with van der Waals surface area (Å²) in [6.07, 6.45) is 0.571. The van der Waals surface area contributed by atoms with Crippen molar-refractivity contribution < 1.29 is 15.3 Å². The van der Waals surface area contributed by atoms with Crippen molar-refractivity contribution in [3.63, 3.8) is 0 Å². The van der Waals surface area contributed by atoms with Gasteiger partial charge in [0.15, 0.2) is 0 Å². The molecule has 4 heteroatoms. The van der Waals surface area contributed by atoms with Crippen LogP contribution >= 0.6 is 0 Å². The molecule has 1 unspecified atom stereocenters. The van der Waals surface area contributed by atoms with E-state index in [4.69, 9.17) is 0 Å². The van der Waals surface area contributed by atoms with Gasteiger partial charge in [0, 0.05) is 24.3 Å². The van der Waals surface area contributed by atoms with E-state index < -0.39 is 6.10 Å². The van der Waals surface area contributed by atoms with E-state index in [0.29, 0.717) is 5.56 Å². The van der Waals surface area contributed by atoms with Crippen LogP contribution in [0.4, 0.5) is 5.69 Å². The molecule has 0 saturated carbocycles. The van der Waals surface area contributed by atoms with Crippen LogP contribution < -0.4 is 4.90 Å². The zero-order valence-corrected chi connectivity index (χ0v) is 12.4. The largest absolute Gasteiger partial charge is 0.508 e. The zero-order valence-electron chi connectivity index (χ0n) is 12.4. The first-order valence-electron chi connectivity index (χ1n) is 7.64. The molecule has 0 bridgehead atoms. The minimum absolute atomic E-state index is 0.101. The van der Waals surface area contributed by atoms with Crippen LogP contribution in [0.3, 0.4) is 0 Å². The van der Waals surface area contributed by atoms with Gasteiger partial charge in [-0.15, -0.1) is 0 Å². The molecule has 3 rings (SSSR count). The van der Waals surface area contributed by atoms with E-state index in [2.05, 4.69) is 4.90 Å². The van der Waals surface area contributed by atoms with Crippen LogP contribution in [-0.4, -0.2) is 34.5 Å². The number of benzene rings is 2. The van der Waals surface area contributed by atoms with Crippen molar-refractivity contribution in [3.05, 3.63) is 59.7 Å². The van der Waals surface area contributed by atoms with Gasteiger partial charge in [0.2, 0.25) is 0 Å². The Morgan fingerprint density at radius 2 is 1.59 bits per heavy atom. The molecule has 116 valence electrons. The van der Waals surface area contributed by atoms with E-state index >= 15 is 0 Å². The second-order valence-electron chi connectivity index (χ2n) is 5.77. The first-order chi connectivity index (χ1) is 10.6. The Labute approximate surface area is 130 Å². The molecule has 1 saturated heterocycles. The second kappa shape index (κ2) is 6.38. The smallest absolute Gasteiger partial charge is 0.121 e. The maximum atomic E-state index is 10.4. The molecule has 0 aliphatic carbocycles. The van der Waals surface area contributed by atoms with Gasteiger partial charge in [-0.1, -0.05) is 30.3 Å². The van der Waals surface area contributed by atoms with E-state index in [0.717, 1.165) is 37.2 Å². The van der Waals surface area contributed by atoms with E-state index in [1.807, 2.05) is 24.3 Å². The van der Waals surface area contributed by atoms with Crippen molar-refractivity contribution in [1.82, 2.24) is 0 Å². The van der Waals surface area contributed by atoms with Gasteiger partial charge in [0.25, 0.3) is 0 Å². The minimum Gasteiger partial charge on any atom is -0.508 e. The number of aliphatic hydroxyl groups excluding tert-OH is 2. The summed E-state index contributed by atoms with van der Waals surface area (Å²) < 4.78 is 0. The quantitative estimate of drug-likeness (QED) is 0.814. The number of nitrogens with zero attached hydrogens (tertiary/aromatic N) is 1. The molecule has 4 nitrogen and oxygen atoms in total. The van der Waals surface area contributed by atoms with Crippen LogP contribution in [0, 0.1) is 0 Å². The average molecular weight is 299 g/mol. The number of hydrogen-bond donors (Lipinski definition) is 3. The lowest BCUT2D eigenvalue weighted by Crippen LogP contribution is -2.35. The van der Waals surface area contributed by atoms with Gasteiger partial charge in [-0.25, -0.2) is 0 Å². The standard InChI is InChI=1S/C18H21NO3/c20-15-9-11-19(12-10-15)14-7-5-13(6-8-14)18(22)16-3-1-2-4-17(16)21/h1-8,15,18,20-22H,9-12H2. The monoisotopic (exact) mass is 299 g/mol. The Bertz CT molecular complexity index is 618. The van der Waals surface area contributed by atoms with Crippen molar-refractivity contribution in [2.45, 2.75) is 25.0 Å². The molecule has 1 heterocycles. The minimum atomic E-state index is -0.835. The number of para-hydroxylation sites is 1. The van der Waals surface area contributed by atoms with Gasteiger partial charge in [-0.2, -0.15) is 0 Å². The number of piperidine rings is 1. The number of aromatic hydroxyl groups is 1. The Kier molecular flexibility index (Phi) is 4.32. The fourth-order valence-electron chi connectivity index (χ4n) is 2.89. The maximum absolute atomic E-state index is 10.4. The molecule has 1 atom stereocenters. The molecule has 1 fully saturated rings. The van der Waals surface area contributed by atoms with Crippen molar-refractivity contribution in [1.29, 1.82) is 0 Å². The maximum Gasteiger partial charge on any atom is 0.121 e. The van der Waals surface area contributed by atoms with Crippen LogP contribution in [0.5, 0.6) is 5.75 Å². The molecule has 0 spiro atoms. The molecule has 0 amide bonds. The van der Waals surface area contributed by atoms with Crippen molar-refractivity contribution in [3.8, 4) is 5.75 Å². The molecule has 3 N–H and O–H groups in total. The highest BCUT2D eigenvalue weighted by Gasteiger charge is 2.18. The van der Waals surface area contributed by atoms with Crippen LogP contribution in [-0.2, 0) is 0 Å². The summed E-state index contributed by atoms with van der Waals surface area (Å²) >= 11 is 0. The Morgan fingerprint density at radius 1 is 0.955 bits per heavy atom. The summed E-state index contributed by atoms with van der Waals surface area (Å²) in [4.78, 5) is 2.24. The number of rotatable bonds is 3. The predicted octanol–water partition coefficient (Wildman–Crippen LogP) is 2.44. The lowest BCUT2D eigenvalue weighted by atomic mass is 10.00. The summed E-state index contributed by atoms with van der Waals surface area (Å²) in [7, 11) is 0. The van der Waals surface area contributed by atoms with Gasteiger partial charge in [0.05, 0.1) is 6.10 Å². The molecular formula is C18H21NO3. The highest BCUT2D eigenvalue weighted by atomic mass is 16.3. The summed E-state index contributed by atoms with van der Waals surface area (Å²) in [6.45, 7) is 1.70. The van der Waals surface area contributed by atoms with Crippen LogP contribution in [0.2, 0.25) is 0 Å². The molecule has 1 aliphatic rings. The van der Waals surface area contributed by atoms with Gasteiger partial charge in [0.1, 0.15) is 11.9 Å². The Morgan fingerprint density at radius 3 is 2.23 bits per heavy atom. The molecule has 2 aromatic carbocycles. The summed E-state index contributed by atoms with van der Waals surface area (Å²) in [5, 5.41) is 29.8. The Hall–Kier alpha value is -2.04. The third kappa shape index (κ3) is 3.08. The topological polar surface area (TPSA) is 63.9 Å². The van der Waals surface area contributed by atoms with E-state index in [1.54, 1.807) is 24.3 Å². The average Bonchev–Trinajstić information content (AvgIpc) is 2.56. The number of hydrogen-bond acceptors (Lipinski definition) is 4. The first-order valence-corrected chi connectivity index (χ1v) is 7.64. The van der Waals surface area contributed by atoms with Crippen molar-refractivity contribution in [2.75, 3.05) is 18.0 Å². The number of aliphatic hydroxyl groups is 2. The molecular weight excluding hydrogens is 278 g/mol. The van der Waals surface area contributed by atoms with Crippen molar-refractivity contribution >= 4 is 5.69 Å². The summed E-state index contributed by atoms with van der Waals surface area (Å²) in [6, 6.07) is 14.6. The lowest BCUT2D eigenvalue weighted by Gasteiger charge is -2.31. The molecule has 0 aromatic heterocycles. The number of phenolic OH excluding ortho intramolecular Hbond substituents is 1. The Balaban J connectivity index is 1.75. The van der Waals surface area contributed by atoms with Gasteiger partial charge in [-0.3, -0.25) is 0 Å². The van der Waals surface area contributed by atoms with E-state index in [9.17, 15) is 15.3 Å². The lowest BCUT2D eigenvalue weighted by molar-refractivity contribution is 0.145. The highest BCUT2D eigenvalue weighted by molar-refractivity contribution is 5.50. The summed E-state index contributed by atoms with van der Waals surface area (Å²) in [5.41, 5.74) is 2.36. The van der Waals surface area contributed by atoms with Gasteiger partial charge in [-0.05, 0) is 36.6 Å². The van der Waals surface area contributed by atoms with E-state index in [1.165, 1.54) is 0 Å². The molecule has 0 radical (unpaired) electrons. The SMILES string of the molecule is Oc1ccccc1C(O)c1ccc(N2CCC(O)CC2)cc1. The van der Waals surface area contributed by atoms with Gasteiger partial charge >= 0.3 is 0 Å². The summed E-state index contributed by atoms with van der Waals surface area (Å²) in [5.74, 6) is 0.101. The van der Waals surface area contributed by atoms with Crippen molar-refractivity contribution in [2.24, 2.45) is 0 Å². The van der Waals surface area contributed by atoms with Gasteiger partial charge < -0.3 is 20.2 Å². The number of phenols is 1. The molecule has 1 aliphatic heterocycles. The van der Waals surface area contributed by atoms with Crippen LogP contribution in [0.15, 0.2) is 48.5 Å². The second-order valence-corrected chi connectivity index (χ2v) is 5.77. The fourth-order valence-corrected chi connectivity index (χ4v) is 2.89. The van der Waals surface area contributed by atoms with E-state index in [-0.39, 0.29) is 11.9 Å². The first kappa shape index (κ1) is 14.9. The predicted molar refractivity (Wildman–Crippen MR) is 86.1 cm³/mol.